The molecule has 0 saturated carbocycles. The molecule has 2 aromatic heterocycles. The number of hydrogen-bond donors (Lipinski definition) is 2. The molecule has 0 spiro atoms. The number of likely N-dealkylation sites (tertiary alicyclic amines) is 1. The zero-order valence-electron chi connectivity index (χ0n) is 12.7. The van der Waals surface area contributed by atoms with Crippen LogP contribution < -0.4 is 11.3 Å². The molecular weight excluding hydrogens is 314 g/mol. The normalized spacial score (nSPS) is 17.3. The fourth-order valence-electron chi connectivity index (χ4n) is 2.69. The number of nitrogens with two attached hydrogens (primary N) is 1. The maximum absolute atomic E-state index is 12.8. The lowest BCUT2D eigenvalue weighted by Crippen LogP contribution is -2.33. The quantitative estimate of drug-likeness (QED) is 0.503. The SMILES string of the molecule is Cc1csc([C@H]2CCCN2C(=O)c2cccc(C(=O)NN)n2)n1. The van der Waals surface area contributed by atoms with Crippen LogP contribution in [0, 0.1) is 6.92 Å². The molecular formula is C15H17N5O2S. The van der Waals surface area contributed by atoms with Crippen LogP contribution in [0.15, 0.2) is 23.6 Å². The Hall–Kier alpha value is -2.32. The van der Waals surface area contributed by atoms with Gasteiger partial charge in [0.15, 0.2) is 0 Å². The number of carbonyl (C=O) groups is 2. The Balaban J connectivity index is 1.86. The van der Waals surface area contributed by atoms with Crippen molar-refractivity contribution >= 4 is 23.2 Å². The van der Waals surface area contributed by atoms with Gasteiger partial charge >= 0.3 is 0 Å². The third kappa shape index (κ3) is 3.08. The van der Waals surface area contributed by atoms with Crippen LogP contribution >= 0.6 is 11.3 Å². The number of pyridine rings is 1. The molecule has 0 radical (unpaired) electrons. The summed E-state index contributed by atoms with van der Waals surface area (Å²) >= 11 is 1.57. The van der Waals surface area contributed by atoms with E-state index < -0.39 is 5.91 Å². The van der Waals surface area contributed by atoms with Gasteiger partial charge in [0.2, 0.25) is 0 Å². The Kier molecular flexibility index (Phi) is 4.35. The van der Waals surface area contributed by atoms with E-state index in [0.29, 0.717) is 6.54 Å². The zero-order chi connectivity index (χ0) is 16.4. The van der Waals surface area contributed by atoms with Gasteiger partial charge in [-0.2, -0.15) is 0 Å². The Morgan fingerprint density at radius 2 is 2.13 bits per heavy atom. The smallest absolute Gasteiger partial charge is 0.283 e. The number of rotatable bonds is 3. The average molecular weight is 331 g/mol. The summed E-state index contributed by atoms with van der Waals surface area (Å²) in [6.07, 6.45) is 1.82. The van der Waals surface area contributed by atoms with E-state index in [2.05, 4.69) is 9.97 Å². The fraction of sp³-hybridized carbons (Fsp3) is 0.333. The van der Waals surface area contributed by atoms with Crippen molar-refractivity contribution in [3.05, 3.63) is 45.7 Å². The van der Waals surface area contributed by atoms with Crippen molar-refractivity contribution in [2.75, 3.05) is 6.54 Å². The molecule has 1 aliphatic rings. The van der Waals surface area contributed by atoms with E-state index in [0.717, 1.165) is 23.5 Å². The lowest BCUT2D eigenvalue weighted by molar-refractivity contribution is 0.0729. The number of hydrazine groups is 1. The molecule has 7 nitrogen and oxygen atoms in total. The van der Waals surface area contributed by atoms with Gasteiger partial charge in [-0.05, 0) is 31.9 Å². The number of nitrogens with one attached hydrogen (secondary N) is 1. The summed E-state index contributed by atoms with van der Waals surface area (Å²) in [5.41, 5.74) is 3.35. The molecule has 1 saturated heterocycles. The molecule has 120 valence electrons. The van der Waals surface area contributed by atoms with Gasteiger partial charge in [0.1, 0.15) is 16.4 Å². The van der Waals surface area contributed by atoms with E-state index in [-0.39, 0.29) is 23.3 Å². The molecule has 8 heteroatoms. The molecule has 2 amide bonds. The highest BCUT2D eigenvalue weighted by molar-refractivity contribution is 7.09. The van der Waals surface area contributed by atoms with E-state index in [9.17, 15) is 9.59 Å². The second-order valence-electron chi connectivity index (χ2n) is 5.37. The zero-order valence-corrected chi connectivity index (χ0v) is 13.5. The van der Waals surface area contributed by atoms with E-state index in [4.69, 9.17) is 5.84 Å². The molecule has 0 aromatic carbocycles. The van der Waals surface area contributed by atoms with Crippen molar-refractivity contribution in [3.8, 4) is 0 Å². The van der Waals surface area contributed by atoms with E-state index >= 15 is 0 Å². The number of thiazole rings is 1. The molecule has 0 bridgehead atoms. The second kappa shape index (κ2) is 6.43. The minimum atomic E-state index is -0.520. The number of amides is 2. The topological polar surface area (TPSA) is 101 Å². The molecule has 3 rings (SSSR count). The summed E-state index contributed by atoms with van der Waals surface area (Å²) in [5.74, 6) is 4.40. The maximum Gasteiger partial charge on any atom is 0.283 e. The minimum absolute atomic E-state index is 0.0185. The number of nitrogen functional groups attached to an aromatic ring is 1. The van der Waals surface area contributed by atoms with Crippen LogP contribution in [0.3, 0.4) is 0 Å². The number of nitrogens with zero attached hydrogens (tertiary/aromatic N) is 3. The average Bonchev–Trinajstić information content (AvgIpc) is 3.22. The summed E-state index contributed by atoms with van der Waals surface area (Å²) in [5, 5.41) is 2.94. The lowest BCUT2D eigenvalue weighted by atomic mass is 10.2. The highest BCUT2D eigenvalue weighted by Crippen LogP contribution is 2.34. The van der Waals surface area contributed by atoms with E-state index in [1.54, 1.807) is 28.4 Å². The summed E-state index contributed by atoms with van der Waals surface area (Å²) in [7, 11) is 0. The first-order valence-corrected chi connectivity index (χ1v) is 8.19. The molecule has 0 unspecified atom stereocenters. The van der Waals surface area contributed by atoms with Crippen molar-refractivity contribution in [1.82, 2.24) is 20.3 Å². The van der Waals surface area contributed by atoms with Crippen molar-refractivity contribution in [2.24, 2.45) is 5.84 Å². The summed E-state index contributed by atoms with van der Waals surface area (Å²) in [4.78, 5) is 34.7. The molecule has 23 heavy (non-hydrogen) atoms. The summed E-state index contributed by atoms with van der Waals surface area (Å²) in [6, 6.07) is 4.74. The highest BCUT2D eigenvalue weighted by Gasteiger charge is 2.33. The van der Waals surface area contributed by atoms with Gasteiger partial charge in [0.25, 0.3) is 11.8 Å². The predicted molar refractivity (Wildman–Crippen MR) is 85.8 cm³/mol. The standard InChI is InChI=1S/C15H17N5O2S/c1-9-8-23-14(17-9)12-6-3-7-20(12)15(22)11-5-2-4-10(18-11)13(21)19-16/h2,4-5,8,12H,3,6-7,16H2,1H3,(H,19,21)/t12-/m1/s1. The predicted octanol–water partition coefficient (Wildman–Crippen LogP) is 1.43. The second-order valence-corrected chi connectivity index (χ2v) is 6.25. The van der Waals surface area contributed by atoms with Crippen LogP contribution in [0.4, 0.5) is 0 Å². The number of aryl methyl sites for hydroxylation is 1. The van der Waals surface area contributed by atoms with Crippen LogP contribution in [-0.4, -0.2) is 33.2 Å². The first-order valence-electron chi connectivity index (χ1n) is 7.31. The van der Waals surface area contributed by atoms with Crippen LogP contribution in [0.1, 0.15) is 50.6 Å². The first-order chi connectivity index (χ1) is 11.1. The molecule has 1 atom stereocenters. The third-order valence-electron chi connectivity index (χ3n) is 3.77. The van der Waals surface area contributed by atoms with Gasteiger partial charge in [-0.3, -0.25) is 15.0 Å². The van der Waals surface area contributed by atoms with Gasteiger partial charge in [0, 0.05) is 17.6 Å². The van der Waals surface area contributed by atoms with Crippen molar-refractivity contribution < 1.29 is 9.59 Å². The minimum Gasteiger partial charge on any atom is -0.328 e. The third-order valence-corrected chi connectivity index (χ3v) is 4.83. The van der Waals surface area contributed by atoms with Crippen LogP contribution in [-0.2, 0) is 0 Å². The molecule has 0 aliphatic carbocycles. The van der Waals surface area contributed by atoms with Gasteiger partial charge in [0.05, 0.1) is 6.04 Å². The first kappa shape index (κ1) is 15.6. The Bertz CT molecular complexity index is 745. The summed E-state index contributed by atoms with van der Waals surface area (Å²) < 4.78 is 0. The van der Waals surface area contributed by atoms with Crippen molar-refractivity contribution in [3.63, 3.8) is 0 Å². The van der Waals surface area contributed by atoms with Gasteiger partial charge in [-0.25, -0.2) is 15.8 Å². The Labute approximate surface area is 137 Å². The Morgan fingerprint density at radius 3 is 2.83 bits per heavy atom. The van der Waals surface area contributed by atoms with Crippen LogP contribution in [0.25, 0.3) is 0 Å². The molecule has 1 fully saturated rings. The summed E-state index contributed by atoms with van der Waals surface area (Å²) in [6.45, 7) is 2.61. The van der Waals surface area contributed by atoms with E-state index in [1.807, 2.05) is 17.7 Å². The number of aromatic nitrogens is 2. The molecule has 3 N–H and O–H groups in total. The molecule has 2 aromatic rings. The molecule has 3 heterocycles. The number of carbonyl (C=O) groups excluding carboxylic acids is 2. The maximum atomic E-state index is 12.8. The van der Waals surface area contributed by atoms with Crippen molar-refractivity contribution in [2.45, 2.75) is 25.8 Å². The van der Waals surface area contributed by atoms with Gasteiger partial charge in [-0.1, -0.05) is 6.07 Å². The monoisotopic (exact) mass is 331 g/mol. The number of hydrogen-bond acceptors (Lipinski definition) is 6. The fourth-order valence-corrected chi connectivity index (χ4v) is 3.64. The van der Waals surface area contributed by atoms with Crippen LogP contribution in [0.5, 0.6) is 0 Å². The van der Waals surface area contributed by atoms with Gasteiger partial charge < -0.3 is 4.90 Å². The van der Waals surface area contributed by atoms with Crippen LogP contribution in [0.2, 0.25) is 0 Å². The highest BCUT2D eigenvalue weighted by atomic mass is 32.1. The lowest BCUT2D eigenvalue weighted by Gasteiger charge is -2.22. The Morgan fingerprint density at radius 1 is 1.35 bits per heavy atom. The van der Waals surface area contributed by atoms with E-state index in [1.165, 1.54) is 6.07 Å². The largest absolute Gasteiger partial charge is 0.328 e. The van der Waals surface area contributed by atoms with Gasteiger partial charge in [-0.15, -0.1) is 11.3 Å². The molecule has 1 aliphatic heterocycles. The van der Waals surface area contributed by atoms with Crippen molar-refractivity contribution in [1.29, 1.82) is 0 Å².